The van der Waals surface area contributed by atoms with E-state index < -0.39 is 11.9 Å². The van der Waals surface area contributed by atoms with Gasteiger partial charge in [-0.25, -0.2) is 9.59 Å². The number of rotatable bonds is 2. The molecule has 0 radical (unpaired) electrons. The molecule has 2 N–H and O–H groups in total. The second kappa shape index (κ2) is 7.18. The van der Waals surface area contributed by atoms with Crippen molar-refractivity contribution in [1.82, 2.24) is 9.80 Å². The van der Waals surface area contributed by atoms with Gasteiger partial charge in [0, 0.05) is 27.2 Å². The molecule has 0 atom stereocenters. The van der Waals surface area contributed by atoms with Crippen molar-refractivity contribution in [3.63, 3.8) is 0 Å². The van der Waals surface area contributed by atoms with Crippen molar-refractivity contribution in [3.05, 3.63) is 47.9 Å². The molecule has 0 aliphatic carbocycles. The van der Waals surface area contributed by atoms with Crippen LogP contribution in [0, 0.1) is 0 Å². The van der Waals surface area contributed by atoms with E-state index in [0.717, 1.165) is 0 Å². The predicted octanol–water partition coefficient (Wildman–Crippen LogP) is 0.913. The van der Waals surface area contributed by atoms with Crippen LogP contribution in [-0.4, -0.2) is 59.1 Å². The SMILES string of the molecule is CN1C=CC=C(C(=O)O)C1.CN1C=CC=C(C(=O)O)C1. The molecule has 2 heterocycles. The van der Waals surface area contributed by atoms with Crippen LogP contribution in [0.25, 0.3) is 0 Å². The van der Waals surface area contributed by atoms with E-state index in [1.165, 1.54) is 0 Å². The summed E-state index contributed by atoms with van der Waals surface area (Å²) in [4.78, 5) is 24.4. The standard InChI is InChI=1S/2C7H9NO2/c2*1-8-4-2-3-6(5-8)7(9)10/h2*2-4H,5H2,1H3,(H,9,10). The molecule has 6 heteroatoms. The van der Waals surface area contributed by atoms with Gasteiger partial charge in [-0.3, -0.25) is 0 Å². The minimum atomic E-state index is -0.837. The summed E-state index contributed by atoms with van der Waals surface area (Å²) >= 11 is 0. The molecule has 108 valence electrons. The lowest BCUT2D eigenvalue weighted by molar-refractivity contribution is -0.133. The van der Waals surface area contributed by atoms with Crippen molar-refractivity contribution < 1.29 is 19.8 Å². The second-order valence-electron chi connectivity index (χ2n) is 4.51. The van der Waals surface area contributed by atoms with Crippen LogP contribution in [0.1, 0.15) is 0 Å². The van der Waals surface area contributed by atoms with Gasteiger partial charge in [0.15, 0.2) is 0 Å². The summed E-state index contributed by atoms with van der Waals surface area (Å²) in [5, 5.41) is 17.1. The van der Waals surface area contributed by atoms with Gasteiger partial charge in [0.1, 0.15) is 0 Å². The Morgan fingerprint density at radius 3 is 1.45 bits per heavy atom. The Morgan fingerprint density at radius 2 is 1.25 bits per heavy atom. The molecule has 0 aromatic carbocycles. The Balaban J connectivity index is 0.000000200. The molecule has 0 amide bonds. The Labute approximate surface area is 117 Å². The number of aliphatic carboxylic acids is 2. The van der Waals surface area contributed by atoms with E-state index in [4.69, 9.17) is 10.2 Å². The molecule has 0 fully saturated rings. The van der Waals surface area contributed by atoms with Crippen LogP contribution in [-0.2, 0) is 9.59 Å². The summed E-state index contributed by atoms with van der Waals surface area (Å²) in [6.45, 7) is 0.984. The zero-order chi connectivity index (χ0) is 15.1. The number of carboxylic acid groups (broad SMARTS) is 2. The highest BCUT2D eigenvalue weighted by Gasteiger charge is 2.10. The predicted molar refractivity (Wildman–Crippen MR) is 75.0 cm³/mol. The third kappa shape index (κ3) is 5.01. The smallest absolute Gasteiger partial charge is 0.333 e. The maximum atomic E-state index is 10.4. The van der Waals surface area contributed by atoms with Crippen LogP contribution in [0.4, 0.5) is 0 Å². The van der Waals surface area contributed by atoms with E-state index in [0.29, 0.717) is 24.2 Å². The quantitative estimate of drug-likeness (QED) is 0.781. The fourth-order valence-electron chi connectivity index (χ4n) is 1.64. The van der Waals surface area contributed by atoms with Crippen molar-refractivity contribution in [2.24, 2.45) is 0 Å². The normalized spacial score (nSPS) is 16.9. The highest BCUT2D eigenvalue weighted by atomic mass is 16.4. The van der Waals surface area contributed by atoms with Gasteiger partial charge in [-0.2, -0.15) is 0 Å². The zero-order valence-electron chi connectivity index (χ0n) is 11.5. The van der Waals surface area contributed by atoms with Crippen molar-refractivity contribution in [3.8, 4) is 0 Å². The Morgan fingerprint density at radius 1 is 0.900 bits per heavy atom. The van der Waals surface area contributed by atoms with Crippen LogP contribution in [0.3, 0.4) is 0 Å². The number of allylic oxidation sites excluding steroid dienone is 4. The largest absolute Gasteiger partial charge is 0.478 e. The molecular formula is C14H18N2O4. The number of hydrogen-bond donors (Lipinski definition) is 2. The maximum Gasteiger partial charge on any atom is 0.333 e. The number of nitrogens with zero attached hydrogens (tertiary/aromatic N) is 2. The van der Waals surface area contributed by atoms with Crippen LogP contribution in [0.15, 0.2) is 47.9 Å². The summed E-state index contributed by atoms with van der Waals surface area (Å²) in [7, 11) is 3.68. The molecule has 2 rings (SSSR count). The van der Waals surface area contributed by atoms with E-state index in [1.807, 2.05) is 36.3 Å². The van der Waals surface area contributed by atoms with Crippen LogP contribution < -0.4 is 0 Å². The monoisotopic (exact) mass is 278 g/mol. The van der Waals surface area contributed by atoms with Crippen LogP contribution in [0.5, 0.6) is 0 Å². The molecule has 6 nitrogen and oxygen atoms in total. The average Bonchev–Trinajstić information content (AvgIpc) is 2.39. The molecule has 0 unspecified atom stereocenters. The van der Waals surface area contributed by atoms with Gasteiger partial charge in [0.05, 0.1) is 11.1 Å². The number of carbonyl (C=O) groups is 2. The minimum Gasteiger partial charge on any atom is -0.478 e. The van der Waals surface area contributed by atoms with Gasteiger partial charge < -0.3 is 20.0 Å². The lowest BCUT2D eigenvalue weighted by Gasteiger charge is -2.16. The van der Waals surface area contributed by atoms with E-state index in [-0.39, 0.29) is 0 Å². The summed E-state index contributed by atoms with van der Waals surface area (Å²) < 4.78 is 0. The molecule has 2 aliphatic heterocycles. The molecule has 0 saturated carbocycles. The van der Waals surface area contributed by atoms with Gasteiger partial charge in [-0.1, -0.05) is 0 Å². The molecule has 0 saturated heterocycles. The molecule has 20 heavy (non-hydrogen) atoms. The van der Waals surface area contributed by atoms with Crippen LogP contribution in [0.2, 0.25) is 0 Å². The lowest BCUT2D eigenvalue weighted by atomic mass is 10.2. The van der Waals surface area contributed by atoms with Crippen molar-refractivity contribution in [2.75, 3.05) is 27.2 Å². The zero-order valence-corrected chi connectivity index (χ0v) is 11.5. The Bertz CT molecular complexity index is 457. The number of hydrogen-bond acceptors (Lipinski definition) is 4. The Hall–Kier alpha value is -2.50. The minimum absolute atomic E-state index is 0.435. The number of likely N-dealkylation sites (N-methyl/N-ethyl adjacent to an activating group) is 2. The molecule has 2 aliphatic rings. The van der Waals surface area contributed by atoms with Gasteiger partial charge in [-0.05, 0) is 36.7 Å². The maximum absolute atomic E-state index is 10.4. The fourth-order valence-corrected chi connectivity index (χ4v) is 1.64. The van der Waals surface area contributed by atoms with Gasteiger partial charge in [-0.15, -0.1) is 0 Å². The molecule has 0 bridgehead atoms. The lowest BCUT2D eigenvalue weighted by Crippen LogP contribution is -2.20. The Kier molecular flexibility index (Phi) is 5.58. The number of carboxylic acids is 2. The summed E-state index contributed by atoms with van der Waals surface area (Å²) in [5.74, 6) is -1.67. The molecular weight excluding hydrogens is 260 g/mol. The first-order valence-electron chi connectivity index (χ1n) is 6.02. The molecule has 0 aromatic heterocycles. The first-order chi connectivity index (χ1) is 9.40. The molecule has 0 aromatic rings. The van der Waals surface area contributed by atoms with Crippen LogP contribution >= 0.6 is 0 Å². The van der Waals surface area contributed by atoms with Crippen molar-refractivity contribution in [2.45, 2.75) is 0 Å². The van der Waals surface area contributed by atoms with Gasteiger partial charge in [0.2, 0.25) is 0 Å². The third-order valence-electron chi connectivity index (χ3n) is 2.66. The van der Waals surface area contributed by atoms with Crippen molar-refractivity contribution in [1.29, 1.82) is 0 Å². The van der Waals surface area contributed by atoms with Gasteiger partial charge >= 0.3 is 11.9 Å². The first kappa shape index (κ1) is 15.6. The summed E-state index contributed by atoms with van der Waals surface area (Å²) in [6.07, 6.45) is 10.4. The van der Waals surface area contributed by atoms with Gasteiger partial charge in [0.25, 0.3) is 0 Å². The second-order valence-corrected chi connectivity index (χ2v) is 4.51. The van der Waals surface area contributed by atoms with E-state index in [9.17, 15) is 9.59 Å². The van der Waals surface area contributed by atoms with E-state index >= 15 is 0 Å². The third-order valence-corrected chi connectivity index (χ3v) is 2.66. The average molecular weight is 278 g/mol. The van der Waals surface area contributed by atoms with E-state index in [1.54, 1.807) is 24.3 Å². The highest BCUT2D eigenvalue weighted by Crippen LogP contribution is 2.05. The fraction of sp³-hybridized carbons (Fsp3) is 0.286. The first-order valence-corrected chi connectivity index (χ1v) is 6.02. The summed E-state index contributed by atoms with van der Waals surface area (Å²) in [5.41, 5.74) is 0.870. The highest BCUT2D eigenvalue weighted by molar-refractivity contribution is 5.88. The summed E-state index contributed by atoms with van der Waals surface area (Å²) in [6, 6.07) is 0. The van der Waals surface area contributed by atoms with Crippen molar-refractivity contribution >= 4 is 11.9 Å². The topological polar surface area (TPSA) is 81.1 Å². The molecule has 0 spiro atoms. The van der Waals surface area contributed by atoms with E-state index in [2.05, 4.69) is 0 Å².